The van der Waals surface area contributed by atoms with E-state index in [1.54, 1.807) is 18.2 Å². The molecule has 0 unspecified atom stereocenters. The molecule has 1 aromatic carbocycles. The first-order chi connectivity index (χ1) is 11.7. The molecule has 0 aliphatic rings. The summed E-state index contributed by atoms with van der Waals surface area (Å²) in [5, 5.41) is 2.66. The summed E-state index contributed by atoms with van der Waals surface area (Å²) >= 11 is 6.47. The van der Waals surface area contributed by atoms with Crippen LogP contribution in [0.2, 0.25) is 0 Å². The van der Waals surface area contributed by atoms with Gasteiger partial charge in [0.2, 0.25) is 0 Å². The van der Waals surface area contributed by atoms with Gasteiger partial charge in [-0.3, -0.25) is 5.32 Å². The van der Waals surface area contributed by atoms with E-state index in [0.29, 0.717) is 19.9 Å². The van der Waals surface area contributed by atoms with E-state index in [2.05, 4.69) is 42.2 Å². The van der Waals surface area contributed by atoms with Crippen LogP contribution in [0.5, 0.6) is 0 Å². The molecule has 0 spiro atoms. The van der Waals surface area contributed by atoms with Crippen LogP contribution < -0.4 is 15.8 Å². The third kappa shape index (κ3) is 3.94. The molecule has 0 bridgehead atoms. The molecule has 0 atom stereocenters. The van der Waals surface area contributed by atoms with Crippen molar-refractivity contribution in [2.45, 2.75) is 4.90 Å². The topological polar surface area (TPSA) is 127 Å². The number of aromatic nitrogens is 1. The third-order valence-corrected chi connectivity index (χ3v) is 5.37. The van der Waals surface area contributed by atoms with E-state index >= 15 is 0 Å². The molecular weight excluding hydrogens is 480 g/mol. The highest BCUT2D eigenvalue weighted by molar-refractivity contribution is 9.10. The van der Waals surface area contributed by atoms with Crippen molar-refractivity contribution >= 4 is 70.5 Å². The van der Waals surface area contributed by atoms with Crippen LogP contribution in [-0.4, -0.2) is 19.4 Å². The monoisotopic (exact) mass is 488 g/mol. The van der Waals surface area contributed by atoms with Gasteiger partial charge in [-0.05, 0) is 30.3 Å². The Balaban J connectivity index is 1.85. The summed E-state index contributed by atoms with van der Waals surface area (Å²) in [4.78, 5) is 15.7. The predicted octanol–water partition coefficient (Wildman–Crippen LogP) is 3.45. The summed E-state index contributed by atoms with van der Waals surface area (Å²) in [6.07, 6.45) is 1.07. The zero-order valence-corrected chi connectivity index (χ0v) is 16.3. The Hall–Kier alpha value is -2.11. The molecule has 0 radical (unpaired) electrons. The number of urea groups is 1. The second-order valence-corrected chi connectivity index (χ2v) is 8.38. The lowest BCUT2D eigenvalue weighted by molar-refractivity contribution is 0.256. The number of sulfonamides is 1. The molecule has 3 rings (SSSR count). The van der Waals surface area contributed by atoms with Crippen molar-refractivity contribution in [1.29, 1.82) is 0 Å². The molecule has 130 valence electrons. The minimum absolute atomic E-state index is 0.0966. The van der Waals surface area contributed by atoms with Gasteiger partial charge in [0.05, 0.1) is 0 Å². The molecule has 4 N–H and O–H groups in total. The van der Waals surface area contributed by atoms with Crippen molar-refractivity contribution in [2.24, 2.45) is 0 Å². The van der Waals surface area contributed by atoms with Gasteiger partial charge < -0.3 is 10.2 Å². The molecule has 2 aromatic heterocycles. The molecule has 25 heavy (non-hydrogen) atoms. The number of carbonyl (C=O) groups is 1. The highest BCUT2D eigenvalue weighted by Gasteiger charge is 2.23. The number of nitrogens with one attached hydrogen (secondary N) is 2. The fraction of sp³-hybridized carbons (Fsp3) is 0. The molecule has 0 saturated heterocycles. The number of hydrogen-bond acceptors (Lipinski definition) is 6. The number of hydrogen-bond donors (Lipinski definition) is 3. The van der Waals surface area contributed by atoms with Crippen molar-refractivity contribution in [1.82, 2.24) is 9.71 Å². The minimum Gasteiger partial charge on any atom is -0.463 e. The maximum absolute atomic E-state index is 12.5. The summed E-state index contributed by atoms with van der Waals surface area (Å²) in [6, 6.07) is 6.96. The average Bonchev–Trinajstić information content (AvgIpc) is 2.88. The maximum Gasteiger partial charge on any atom is 0.334 e. The molecule has 0 fully saturated rings. The SMILES string of the molecule is Nc1cc(Br)cc(NC(=O)NS(=O)(=O)c2coc3ccc(Br)cc23)n1. The van der Waals surface area contributed by atoms with Crippen molar-refractivity contribution in [2.75, 3.05) is 11.1 Å². The second kappa shape index (κ2) is 6.65. The highest BCUT2D eigenvalue weighted by atomic mass is 79.9. The van der Waals surface area contributed by atoms with Crippen LogP contribution in [0.3, 0.4) is 0 Å². The lowest BCUT2D eigenvalue weighted by Gasteiger charge is -2.08. The molecule has 8 nitrogen and oxygen atoms in total. The quantitative estimate of drug-likeness (QED) is 0.517. The number of amides is 2. The van der Waals surface area contributed by atoms with E-state index in [4.69, 9.17) is 10.2 Å². The standard InChI is InChI=1S/C14H10Br2N4O4S/c15-7-1-2-10-9(3-7)11(6-24-10)25(22,23)20-14(21)19-13-5-8(16)4-12(17)18-13/h1-6H,(H4,17,18,19,20,21). The largest absolute Gasteiger partial charge is 0.463 e. The van der Waals surface area contributed by atoms with Gasteiger partial charge in [-0.2, -0.15) is 0 Å². The molecule has 2 amide bonds. The zero-order chi connectivity index (χ0) is 18.2. The van der Waals surface area contributed by atoms with E-state index in [1.807, 2.05) is 4.72 Å². The van der Waals surface area contributed by atoms with Gasteiger partial charge >= 0.3 is 6.03 Å². The Morgan fingerprint density at radius 2 is 1.92 bits per heavy atom. The van der Waals surface area contributed by atoms with Gasteiger partial charge in [0, 0.05) is 14.3 Å². The van der Waals surface area contributed by atoms with Crippen LogP contribution in [0.4, 0.5) is 16.4 Å². The minimum atomic E-state index is -4.15. The second-order valence-electron chi connectivity index (χ2n) is 4.90. The number of benzene rings is 1. The Morgan fingerprint density at radius 3 is 2.64 bits per heavy atom. The number of furan rings is 1. The van der Waals surface area contributed by atoms with Crippen LogP contribution in [0.15, 0.2) is 54.9 Å². The molecular formula is C14H10Br2N4O4S. The highest BCUT2D eigenvalue weighted by Crippen LogP contribution is 2.28. The van der Waals surface area contributed by atoms with Crippen LogP contribution in [0.1, 0.15) is 0 Å². The number of nitrogen functional groups attached to an aromatic ring is 1. The van der Waals surface area contributed by atoms with Gasteiger partial charge in [0.1, 0.15) is 28.4 Å². The number of halogens is 2. The first-order valence-electron chi connectivity index (χ1n) is 6.68. The number of nitrogens with zero attached hydrogens (tertiary/aromatic N) is 1. The van der Waals surface area contributed by atoms with Crippen molar-refractivity contribution in [3.05, 3.63) is 45.5 Å². The van der Waals surface area contributed by atoms with Gasteiger partial charge in [-0.15, -0.1) is 0 Å². The van der Waals surface area contributed by atoms with Crippen molar-refractivity contribution in [3.8, 4) is 0 Å². The van der Waals surface area contributed by atoms with E-state index in [-0.39, 0.29) is 16.5 Å². The molecule has 3 aromatic rings. The van der Waals surface area contributed by atoms with Gasteiger partial charge in [0.25, 0.3) is 10.0 Å². The van der Waals surface area contributed by atoms with Crippen LogP contribution in [0.25, 0.3) is 11.0 Å². The summed E-state index contributed by atoms with van der Waals surface area (Å²) in [7, 11) is -4.15. The Kier molecular flexibility index (Phi) is 4.71. The summed E-state index contributed by atoms with van der Waals surface area (Å²) in [5.41, 5.74) is 5.95. The van der Waals surface area contributed by atoms with E-state index < -0.39 is 16.1 Å². The summed E-state index contributed by atoms with van der Waals surface area (Å²) < 4.78 is 33.3. The lowest BCUT2D eigenvalue weighted by Crippen LogP contribution is -2.34. The van der Waals surface area contributed by atoms with Crippen LogP contribution in [0, 0.1) is 0 Å². The van der Waals surface area contributed by atoms with Gasteiger partial charge in [0.15, 0.2) is 0 Å². The Bertz CT molecular complexity index is 1060. The maximum atomic E-state index is 12.5. The Labute approximate surface area is 159 Å². The smallest absolute Gasteiger partial charge is 0.334 e. The van der Waals surface area contributed by atoms with Crippen LogP contribution >= 0.6 is 31.9 Å². The van der Waals surface area contributed by atoms with Crippen molar-refractivity contribution in [3.63, 3.8) is 0 Å². The first kappa shape index (κ1) is 17.7. The lowest BCUT2D eigenvalue weighted by atomic mass is 10.3. The van der Waals surface area contributed by atoms with E-state index in [9.17, 15) is 13.2 Å². The number of nitrogens with two attached hydrogens (primary N) is 1. The van der Waals surface area contributed by atoms with Gasteiger partial charge in [-0.25, -0.2) is 22.9 Å². The summed E-state index contributed by atoms with van der Waals surface area (Å²) in [5.74, 6) is 0.262. The van der Waals surface area contributed by atoms with Gasteiger partial charge in [-0.1, -0.05) is 31.9 Å². The number of pyridine rings is 1. The third-order valence-electron chi connectivity index (χ3n) is 3.07. The number of carbonyl (C=O) groups excluding carboxylic acids is 1. The van der Waals surface area contributed by atoms with Crippen LogP contribution in [-0.2, 0) is 10.0 Å². The zero-order valence-electron chi connectivity index (χ0n) is 12.3. The molecule has 0 saturated carbocycles. The van der Waals surface area contributed by atoms with Crippen molar-refractivity contribution < 1.29 is 17.6 Å². The van der Waals surface area contributed by atoms with E-state index in [1.165, 1.54) is 12.1 Å². The summed E-state index contributed by atoms with van der Waals surface area (Å²) in [6.45, 7) is 0. The number of anilines is 2. The molecule has 0 aliphatic carbocycles. The molecule has 2 heterocycles. The molecule has 11 heteroatoms. The first-order valence-corrected chi connectivity index (χ1v) is 9.75. The normalized spacial score (nSPS) is 11.4. The number of rotatable bonds is 3. The average molecular weight is 490 g/mol. The number of fused-ring (bicyclic) bond motifs is 1. The fourth-order valence-electron chi connectivity index (χ4n) is 2.09. The fourth-order valence-corrected chi connectivity index (χ4v) is 3.93. The Morgan fingerprint density at radius 1 is 1.16 bits per heavy atom. The van der Waals surface area contributed by atoms with E-state index in [0.717, 1.165) is 6.26 Å². The predicted molar refractivity (Wildman–Crippen MR) is 99.6 cm³/mol. The molecule has 0 aliphatic heterocycles.